The topological polar surface area (TPSA) is 143 Å². The van der Waals surface area contributed by atoms with Crippen LogP contribution in [0.15, 0.2) is 165 Å². The summed E-state index contributed by atoms with van der Waals surface area (Å²) in [5, 5.41) is 53.5. The lowest BCUT2D eigenvalue weighted by Gasteiger charge is -2.46. The smallest absolute Gasteiger partial charge is 0.141 e. The summed E-state index contributed by atoms with van der Waals surface area (Å²) in [6.07, 6.45) is 33.4. The maximum absolute atomic E-state index is 14.1. The van der Waals surface area contributed by atoms with Gasteiger partial charge in [0.25, 0.3) is 0 Å². The van der Waals surface area contributed by atoms with Gasteiger partial charge in [0, 0.05) is 23.3 Å². The van der Waals surface area contributed by atoms with E-state index in [0.29, 0.717) is 100 Å². The first-order valence-electron chi connectivity index (χ1n) is 60.6. The van der Waals surface area contributed by atoms with E-state index >= 15 is 0 Å². The SMILES string of the molecule is [2H]C1(C)CC2CC(CCC=C)CCC2C([2H])([2H])C1c1ccc(C#N)cc1.[2H]C1CC2CC(/C=C/C)CCC2C([2H])([2H])C1c1ccc(C#N)c(F)c1.[2H]C1CC2CC(C=C)CCC2C([2H])([2H])C1c1ccc(C#N)c(F)c1.[2H]C1CC2CC(CCC)CCC2C([2H])(C)C1c1ccc(C#N)c(F)c1.[2H]C1CC2CC(CCC=C)CCC2C([2H])([2H])C1c1ccc(C#N)c(F)c1.[2H]C1CC2CC(CCCCC)CCC2C([2H])([2H])C1c1ccc(C#N)c(F)c1. The van der Waals surface area contributed by atoms with E-state index in [1.165, 1.54) is 106 Å². The number of halogens is 5. The van der Waals surface area contributed by atoms with Crippen LogP contribution in [-0.2, 0) is 0 Å². The molecule has 0 amide bonds. The van der Waals surface area contributed by atoms with Gasteiger partial charge in [-0.05, 0) is 485 Å². The molecule has 6 nitrogen and oxygen atoms in total. The Morgan fingerprint density at radius 1 is 0.346 bits per heavy atom. The number of hydrogen-bond donors (Lipinski definition) is 0. The molecule has 31 atom stereocenters. The third-order valence-corrected chi connectivity index (χ3v) is 32.9. The van der Waals surface area contributed by atoms with Crippen molar-refractivity contribution in [2.24, 2.45) is 118 Å². The normalized spacial score (nSPS) is 39.3. The number of rotatable bonds is 20. The van der Waals surface area contributed by atoms with Crippen LogP contribution in [0.4, 0.5) is 22.0 Å². The highest BCUT2D eigenvalue weighted by molar-refractivity contribution is 5.40. The quantitative estimate of drug-likeness (QED) is 0.0423. The third kappa shape index (κ3) is 27.9. The van der Waals surface area contributed by atoms with E-state index in [1.54, 1.807) is 60.7 Å². The molecule has 0 bridgehead atoms. The lowest BCUT2D eigenvalue weighted by Crippen LogP contribution is -2.36. The van der Waals surface area contributed by atoms with E-state index in [-0.39, 0.29) is 99.3 Å². The highest BCUT2D eigenvalue weighted by Crippen LogP contribution is 2.57. The highest BCUT2D eigenvalue weighted by Gasteiger charge is 2.45. The van der Waals surface area contributed by atoms with Gasteiger partial charge in [-0.1, -0.05) is 165 Å². The Morgan fingerprint density at radius 2 is 0.706 bits per heavy atom. The summed E-state index contributed by atoms with van der Waals surface area (Å²) in [6.45, 7) is 21.8. The molecule has 136 heavy (non-hydrogen) atoms. The molecule has 0 radical (unpaired) electrons. The summed E-state index contributed by atoms with van der Waals surface area (Å²) in [6, 6.07) is 40.2. The van der Waals surface area contributed by atoms with Crippen LogP contribution in [0.2, 0.25) is 0 Å². The fourth-order valence-corrected chi connectivity index (χ4v) is 25.4. The van der Waals surface area contributed by atoms with Gasteiger partial charge >= 0.3 is 0 Å². The summed E-state index contributed by atoms with van der Waals surface area (Å²) < 4.78 is 219. The molecule has 0 aromatic heterocycles. The molecule has 724 valence electrons. The van der Waals surface area contributed by atoms with E-state index < -0.39 is 128 Å². The van der Waals surface area contributed by atoms with Crippen LogP contribution < -0.4 is 0 Å². The maximum atomic E-state index is 14.1. The van der Waals surface area contributed by atoms with Gasteiger partial charge in [-0.3, -0.25) is 0 Å². The van der Waals surface area contributed by atoms with Crippen LogP contribution in [-0.4, -0.2) is 0 Å². The number of allylic oxidation sites excluding steroid dienone is 5. The Kier molecular flexibility index (Phi) is 31.8. The van der Waals surface area contributed by atoms with E-state index in [1.807, 2.05) is 63.3 Å². The number of nitriles is 6. The molecule has 12 aliphatic rings. The van der Waals surface area contributed by atoms with Gasteiger partial charge in [-0.15, -0.1) is 19.7 Å². The minimum Gasteiger partial charge on any atom is -0.206 e. The minimum atomic E-state index is -1.54. The van der Waals surface area contributed by atoms with Crippen molar-refractivity contribution in [1.82, 2.24) is 0 Å². The van der Waals surface area contributed by atoms with Gasteiger partial charge in [-0.2, -0.15) is 31.6 Å². The van der Waals surface area contributed by atoms with Gasteiger partial charge < -0.3 is 0 Å². The fourth-order valence-electron chi connectivity index (χ4n) is 25.4. The zero-order valence-corrected chi connectivity index (χ0v) is 81.3. The van der Waals surface area contributed by atoms with Gasteiger partial charge in [0.05, 0.1) is 39.4 Å². The third-order valence-electron chi connectivity index (χ3n) is 32.9. The Balaban J connectivity index is 0.000000153. The molecule has 0 saturated heterocycles. The van der Waals surface area contributed by atoms with Crippen LogP contribution in [0.3, 0.4) is 0 Å². The second-order valence-electron chi connectivity index (χ2n) is 41.6. The molecule has 12 aliphatic carbocycles. The van der Waals surface area contributed by atoms with E-state index in [0.717, 1.165) is 159 Å². The molecule has 0 heterocycles. The lowest BCUT2D eigenvalue weighted by atomic mass is 9.59. The van der Waals surface area contributed by atoms with Crippen LogP contribution in [0.25, 0.3) is 0 Å². The molecule has 12 fully saturated rings. The van der Waals surface area contributed by atoms with Gasteiger partial charge in [-0.25, -0.2) is 22.0 Å². The van der Waals surface area contributed by atoms with Crippen molar-refractivity contribution in [3.63, 3.8) is 0 Å². The zero-order valence-electron chi connectivity index (χ0n) is 98.3. The van der Waals surface area contributed by atoms with Crippen LogP contribution >= 0.6 is 0 Å². The first-order valence-corrected chi connectivity index (χ1v) is 51.8. The summed E-state index contributed by atoms with van der Waals surface area (Å²) >= 11 is 0. The fraction of sp³-hybridized carbons (Fsp3) is 0.600. The largest absolute Gasteiger partial charge is 0.206 e. The summed E-state index contributed by atoms with van der Waals surface area (Å²) in [5.74, 6) is -2.69. The molecule has 11 heteroatoms. The maximum Gasteiger partial charge on any atom is 0.141 e. The summed E-state index contributed by atoms with van der Waals surface area (Å²) in [7, 11) is 0. The van der Waals surface area contributed by atoms with E-state index in [4.69, 9.17) is 54.9 Å². The monoisotopic (exact) mass is 1860 g/mol. The van der Waals surface area contributed by atoms with Crippen molar-refractivity contribution < 1.29 is 45.3 Å². The summed E-state index contributed by atoms with van der Waals surface area (Å²) in [4.78, 5) is 0. The average molecular weight is 1860 g/mol. The van der Waals surface area contributed by atoms with Crippen molar-refractivity contribution in [1.29, 1.82) is 31.6 Å². The van der Waals surface area contributed by atoms with Gasteiger partial charge in [0.2, 0.25) is 0 Å². The van der Waals surface area contributed by atoms with E-state index in [9.17, 15) is 22.0 Å². The first-order chi connectivity index (χ1) is 72.7. The Morgan fingerprint density at radius 3 is 1.11 bits per heavy atom. The first kappa shape index (κ1) is 82.7. The number of unbranched alkanes of at least 4 members (excludes halogenated alkanes) is 2. The Labute approximate surface area is 840 Å². The molecule has 0 spiro atoms. The molecule has 0 aliphatic heterocycles. The molecule has 6 aromatic carbocycles. The number of nitrogens with zero attached hydrogens (tertiary/aromatic N) is 6. The second-order valence-corrected chi connectivity index (χ2v) is 41.6. The zero-order chi connectivity index (χ0) is 111. The standard InChI is InChI=1S/C22H30FN.C22H29N.C21H28FN.C21H26FN.C20H24FN.C19H22FN/c1-2-3-4-5-16-6-7-18-13-19(9-8-17(18)12-16)20-10-11-21(15-24)22(23)14-20;1-3-4-5-17-6-11-20-14-22(16(2)12-21(20)13-17)19-9-7-18(15-23)8-10-19;1-3-4-15-5-9-19-14(2)20(10-8-16(19)11-15)17-6-7-18(13-23)21(22)12-17;1-2-3-4-15-5-6-17-12-18(8-7-16(17)11-15)19-9-10-20(14-23)21(22)13-19;1-2-3-14-4-5-16-11-17(7-6-15(16)10-14)18-8-9-19(13-22)20(21)12-18;1-2-13-3-4-15-10-16(6-5-14(15)9-13)17-7-8-18(12-21)19(20)11-17/h10-11,14,16-19H,2-9,12-13H2,1H3;3,7-10,16-17,20-22H,1,4-6,11-14H2,2H3;6-7,12,14-16,19-20H,3-5,8-11H2,1-2H3;2,9-10,13,15-18H,1,3-8,11-12H2;2-3,8-9,12,14-17H,4-7,10-11H2,1H3;2,7-8,11,13-16H,1,3-6,9-10H2/b;;;;3-2+;/i9D,13D2;14D2,16D;10D,14D;8D,12D2;7D,11D2;6D,10D2. The van der Waals surface area contributed by atoms with Gasteiger partial charge in [0.1, 0.15) is 59.4 Å². The van der Waals surface area contributed by atoms with Crippen LogP contribution in [0.5, 0.6) is 0 Å². The van der Waals surface area contributed by atoms with Gasteiger partial charge in [0.15, 0.2) is 0 Å². The number of benzene rings is 6. The number of fused-ring (bicyclic) bond motifs is 6. The molecule has 0 N–H and O–H groups in total. The molecule has 12 saturated carbocycles. The predicted molar refractivity (Wildman–Crippen MR) is 544 cm³/mol. The molecule has 6 aromatic rings. The Bertz CT molecular complexity index is 6010. The molecular weight excluding hydrogens is 1680 g/mol. The highest BCUT2D eigenvalue weighted by atomic mass is 19.1. The van der Waals surface area contributed by atoms with Crippen molar-refractivity contribution in [2.45, 2.75) is 352 Å². The average Bonchev–Trinajstić information content (AvgIpc) is 0.890. The van der Waals surface area contributed by atoms with E-state index in [2.05, 4.69) is 51.8 Å². The van der Waals surface area contributed by atoms with Crippen molar-refractivity contribution in [3.8, 4) is 36.4 Å². The summed E-state index contributed by atoms with van der Waals surface area (Å²) in [5.41, 5.74) is 4.10. The molecular formula is C125H159F5N6. The molecule has 31 unspecified atom stereocenters. The van der Waals surface area contributed by atoms with Crippen LogP contribution in [0.1, 0.15) is 442 Å². The number of hydrogen-bond acceptors (Lipinski definition) is 6. The molecule has 18 rings (SSSR count). The minimum absolute atomic E-state index is 0.0258. The van der Waals surface area contributed by atoms with Crippen molar-refractivity contribution >= 4 is 0 Å². The lowest BCUT2D eigenvalue weighted by molar-refractivity contribution is 0.0661. The predicted octanol–water partition coefficient (Wildman–Crippen LogP) is 35.4. The van der Waals surface area contributed by atoms with Crippen LogP contribution in [0, 0.1) is 215 Å². The second kappa shape index (κ2) is 52.2. The Hall–Kier alpha value is -9.13. The van der Waals surface area contributed by atoms with Crippen molar-refractivity contribution in [3.05, 3.63) is 261 Å². The van der Waals surface area contributed by atoms with Crippen molar-refractivity contribution in [2.75, 3.05) is 0 Å².